The monoisotopic (exact) mass is 458 g/mol. The van der Waals surface area contributed by atoms with Gasteiger partial charge in [0.25, 0.3) is 15.9 Å². The number of sulfonamides is 1. The highest BCUT2D eigenvalue weighted by molar-refractivity contribution is 7.92. The Labute approximate surface area is 185 Å². The molecule has 3 aromatic carbocycles. The van der Waals surface area contributed by atoms with Crippen LogP contribution in [0.25, 0.3) is 0 Å². The van der Waals surface area contributed by atoms with Crippen molar-refractivity contribution >= 4 is 38.9 Å². The molecule has 1 aliphatic heterocycles. The number of rotatable bonds is 4. The van der Waals surface area contributed by atoms with Gasteiger partial charge in [-0.25, -0.2) is 8.42 Å². The summed E-state index contributed by atoms with van der Waals surface area (Å²) in [5.74, 6) is 0.942. The van der Waals surface area contributed by atoms with Gasteiger partial charge in [-0.3, -0.25) is 9.52 Å². The summed E-state index contributed by atoms with van der Waals surface area (Å²) < 4.78 is 39.5. The Hall–Kier alpha value is -3.23. The number of hydrogen-bond acceptors (Lipinski definition) is 5. The Morgan fingerprint density at radius 1 is 1.00 bits per heavy atom. The molecule has 160 valence electrons. The predicted octanol–water partition coefficient (Wildman–Crippen LogP) is 5.12. The fourth-order valence-corrected chi connectivity index (χ4v) is 4.85. The van der Waals surface area contributed by atoms with Gasteiger partial charge < -0.3 is 14.8 Å². The highest BCUT2D eigenvalue weighted by atomic mass is 35.5. The van der Waals surface area contributed by atoms with Crippen molar-refractivity contribution in [3.05, 3.63) is 70.2 Å². The number of anilines is 2. The smallest absolute Gasteiger partial charge is 0.261 e. The Bertz CT molecular complexity index is 1300. The molecule has 0 atom stereocenters. The van der Waals surface area contributed by atoms with Crippen LogP contribution in [0.3, 0.4) is 0 Å². The zero-order chi connectivity index (χ0) is 22.3. The van der Waals surface area contributed by atoms with Crippen LogP contribution in [-0.4, -0.2) is 21.4 Å². The summed E-state index contributed by atoms with van der Waals surface area (Å²) in [6.45, 7) is 3.55. The van der Waals surface area contributed by atoms with Gasteiger partial charge in [-0.05, 0) is 73.5 Å². The first-order valence-electron chi connectivity index (χ1n) is 9.29. The van der Waals surface area contributed by atoms with E-state index in [9.17, 15) is 13.2 Å². The molecular weight excluding hydrogens is 440 g/mol. The Morgan fingerprint density at radius 3 is 2.35 bits per heavy atom. The Morgan fingerprint density at radius 2 is 1.68 bits per heavy atom. The van der Waals surface area contributed by atoms with Gasteiger partial charge in [-0.1, -0.05) is 11.6 Å². The zero-order valence-electron chi connectivity index (χ0n) is 16.9. The molecule has 0 saturated carbocycles. The van der Waals surface area contributed by atoms with Crippen molar-refractivity contribution in [2.75, 3.05) is 17.1 Å². The summed E-state index contributed by atoms with van der Waals surface area (Å²) in [6, 6.07) is 12.5. The lowest BCUT2D eigenvalue weighted by atomic mass is 10.1. The normalized spacial score (nSPS) is 12.7. The van der Waals surface area contributed by atoms with Gasteiger partial charge in [0.1, 0.15) is 11.5 Å². The molecule has 0 saturated heterocycles. The second kappa shape index (κ2) is 7.79. The maximum absolute atomic E-state index is 12.9. The zero-order valence-corrected chi connectivity index (χ0v) is 18.5. The number of fused-ring (bicyclic) bond motifs is 2. The molecule has 0 radical (unpaired) electrons. The molecule has 31 heavy (non-hydrogen) atoms. The molecule has 2 N–H and O–H groups in total. The number of hydrogen-bond donors (Lipinski definition) is 2. The van der Waals surface area contributed by atoms with Crippen molar-refractivity contribution in [1.29, 1.82) is 0 Å². The van der Waals surface area contributed by atoms with Crippen LogP contribution < -0.4 is 19.5 Å². The molecule has 1 heterocycles. The van der Waals surface area contributed by atoms with Crippen molar-refractivity contribution in [1.82, 2.24) is 0 Å². The molecule has 4 rings (SSSR count). The van der Waals surface area contributed by atoms with Crippen LogP contribution in [0.15, 0.2) is 53.4 Å². The molecule has 0 aromatic heterocycles. The third-order valence-corrected chi connectivity index (χ3v) is 6.43. The molecule has 0 fully saturated rings. The first kappa shape index (κ1) is 21.0. The largest absolute Gasteiger partial charge is 0.496 e. The number of methoxy groups -OCH3 is 1. The van der Waals surface area contributed by atoms with Crippen LogP contribution in [-0.2, 0) is 10.0 Å². The van der Waals surface area contributed by atoms with Crippen LogP contribution in [0.5, 0.6) is 17.2 Å². The average Bonchev–Trinajstić information content (AvgIpc) is 2.83. The first-order chi connectivity index (χ1) is 14.7. The van der Waals surface area contributed by atoms with E-state index in [1.54, 1.807) is 38.1 Å². The molecule has 1 amide bonds. The van der Waals surface area contributed by atoms with Crippen molar-refractivity contribution in [3.8, 4) is 17.2 Å². The third-order valence-electron chi connectivity index (χ3n) is 4.83. The van der Waals surface area contributed by atoms with E-state index in [0.717, 1.165) is 0 Å². The second-order valence-corrected chi connectivity index (χ2v) is 9.22. The van der Waals surface area contributed by atoms with E-state index in [1.165, 1.54) is 31.4 Å². The topological polar surface area (TPSA) is 93.7 Å². The van der Waals surface area contributed by atoms with Gasteiger partial charge in [-0.15, -0.1) is 0 Å². The number of carbonyl (C=O) groups excluding carboxylic acids is 1. The second-order valence-electron chi connectivity index (χ2n) is 7.10. The molecular formula is C22H19ClN2O5S. The molecule has 0 bridgehead atoms. The molecule has 3 aromatic rings. The summed E-state index contributed by atoms with van der Waals surface area (Å²) in [6.07, 6.45) is 0. The Kier molecular flexibility index (Phi) is 5.28. The summed E-state index contributed by atoms with van der Waals surface area (Å²) in [4.78, 5) is 12.8. The summed E-state index contributed by atoms with van der Waals surface area (Å²) >= 11 is 5.99. The van der Waals surface area contributed by atoms with Crippen LogP contribution >= 0.6 is 11.6 Å². The molecule has 7 nitrogen and oxygen atoms in total. The van der Waals surface area contributed by atoms with Crippen molar-refractivity contribution in [3.63, 3.8) is 0 Å². The molecule has 0 unspecified atom stereocenters. The number of nitrogens with one attached hydrogen (secondary N) is 2. The van der Waals surface area contributed by atoms with Crippen molar-refractivity contribution < 1.29 is 22.7 Å². The first-order valence-corrected chi connectivity index (χ1v) is 11.1. The van der Waals surface area contributed by atoms with E-state index in [0.29, 0.717) is 39.1 Å². The van der Waals surface area contributed by atoms with Gasteiger partial charge in [0.2, 0.25) is 0 Å². The SMILES string of the molecule is COc1c(C)cc(S(=O)(=O)Nc2ccc3c(c2)C(=O)Nc2cc(Cl)ccc2O3)cc1C. The average molecular weight is 459 g/mol. The molecule has 0 aliphatic carbocycles. The van der Waals surface area contributed by atoms with Crippen molar-refractivity contribution in [2.24, 2.45) is 0 Å². The van der Waals surface area contributed by atoms with Crippen molar-refractivity contribution in [2.45, 2.75) is 18.7 Å². The highest BCUT2D eigenvalue weighted by Crippen LogP contribution is 2.38. The number of benzene rings is 3. The van der Waals surface area contributed by atoms with Crippen LogP contribution in [0, 0.1) is 13.8 Å². The number of carbonyl (C=O) groups is 1. The lowest BCUT2D eigenvalue weighted by molar-refractivity contribution is 0.102. The van der Waals surface area contributed by atoms with E-state index >= 15 is 0 Å². The van der Waals surface area contributed by atoms with Gasteiger partial charge in [-0.2, -0.15) is 0 Å². The maximum Gasteiger partial charge on any atom is 0.261 e. The quantitative estimate of drug-likeness (QED) is 0.565. The van der Waals surface area contributed by atoms with E-state index in [2.05, 4.69) is 10.0 Å². The highest BCUT2D eigenvalue weighted by Gasteiger charge is 2.23. The lowest BCUT2D eigenvalue weighted by Crippen LogP contribution is -2.15. The molecule has 1 aliphatic rings. The van der Waals surface area contributed by atoms with Gasteiger partial charge in [0.05, 0.1) is 23.3 Å². The molecule has 0 spiro atoms. The summed E-state index contributed by atoms with van der Waals surface area (Å²) in [7, 11) is -2.35. The van der Waals surface area contributed by atoms with E-state index < -0.39 is 15.9 Å². The number of ether oxygens (including phenoxy) is 2. The van der Waals surface area contributed by atoms with Gasteiger partial charge >= 0.3 is 0 Å². The minimum absolute atomic E-state index is 0.0981. The standard InChI is InChI=1S/C22H19ClN2O5S/c1-12-8-16(9-13(2)21(12)29-3)31(27,28)25-15-5-7-19-17(11-15)22(26)24-18-10-14(23)4-6-20(18)30-19/h4-11,25H,1-3H3,(H,24,26). The van der Waals surface area contributed by atoms with E-state index in [1.807, 2.05) is 0 Å². The minimum atomic E-state index is -3.89. The summed E-state index contributed by atoms with van der Waals surface area (Å²) in [5.41, 5.74) is 2.25. The summed E-state index contributed by atoms with van der Waals surface area (Å²) in [5, 5.41) is 3.18. The van der Waals surface area contributed by atoms with Crippen LogP contribution in [0.1, 0.15) is 21.5 Å². The third kappa shape index (κ3) is 4.04. The number of amides is 1. The van der Waals surface area contributed by atoms with Gasteiger partial charge in [0, 0.05) is 10.7 Å². The number of halogens is 1. The maximum atomic E-state index is 12.9. The van der Waals surface area contributed by atoms with E-state index in [4.69, 9.17) is 21.1 Å². The van der Waals surface area contributed by atoms with E-state index in [-0.39, 0.29) is 16.1 Å². The lowest BCUT2D eigenvalue weighted by Gasteiger charge is -2.14. The van der Waals surface area contributed by atoms with Crippen LogP contribution in [0.4, 0.5) is 11.4 Å². The Balaban J connectivity index is 1.67. The fourth-order valence-electron chi connectivity index (χ4n) is 3.46. The number of aryl methyl sites for hydroxylation is 2. The van der Waals surface area contributed by atoms with Gasteiger partial charge in [0.15, 0.2) is 5.75 Å². The predicted molar refractivity (Wildman–Crippen MR) is 119 cm³/mol. The minimum Gasteiger partial charge on any atom is -0.496 e. The fraction of sp³-hybridized carbons (Fsp3) is 0.136. The molecule has 9 heteroatoms. The van der Waals surface area contributed by atoms with Crippen LogP contribution in [0.2, 0.25) is 5.02 Å².